The van der Waals surface area contributed by atoms with Crippen molar-refractivity contribution in [1.82, 2.24) is 0 Å². The normalized spacial score (nSPS) is 11.1. The number of hydrogen-bond donors (Lipinski definition) is 1. The Bertz CT molecular complexity index is 1070. The number of carbonyl (C=O) groups excluding carboxylic acids is 1. The van der Waals surface area contributed by atoms with Crippen molar-refractivity contribution in [2.45, 2.75) is 11.3 Å². The molecule has 3 aromatic carbocycles. The highest BCUT2D eigenvalue weighted by molar-refractivity contribution is 7.92. The van der Waals surface area contributed by atoms with Crippen LogP contribution in [0.15, 0.2) is 83.8 Å². The molecule has 5 nitrogen and oxygen atoms in total. The van der Waals surface area contributed by atoms with Crippen LogP contribution in [0.3, 0.4) is 0 Å². The molecule has 1 amide bonds. The van der Waals surface area contributed by atoms with E-state index in [0.717, 1.165) is 5.56 Å². The topological polar surface area (TPSA) is 66.5 Å². The minimum atomic E-state index is -3.63. The van der Waals surface area contributed by atoms with Gasteiger partial charge in [-0.15, -0.1) is 0 Å². The van der Waals surface area contributed by atoms with Gasteiger partial charge in [0, 0.05) is 7.05 Å². The van der Waals surface area contributed by atoms with Crippen molar-refractivity contribution in [1.29, 1.82) is 0 Å². The van der Waals surface area contributed by atoms with Crippen LogP contribution >= 0.6 is 11.6 Å². The molecule has 3 aromatic rings. The summed E-state index contributed by atoms with van der Waals surface area (Å²) in [6, 6.07) is 22.1. The highest BCUT2D eigenvalue weighted by Crippen LogP contribution is 2.23. The Morgan fingerprint density at radius 2 is 1.54 bits per heavy atom. The van der Waals surface area contributed by atoms with Crippen LogP contribution in [0.1, 0.15) is 5.56 Å². The first kappa shape index (κ1) is 19.9. The zero-order valence-corrected chi connectivity index (χ0v) is 16.7. The minimum absolute atomic E-state index is 0.153. The largest absolute Gasteiger partial charge is 0.324 e. The number of nitrogens with one attached hydrogen (secondary N) is 1. The highest BCUT2D eigenvalue weighted by atomic mass is 35.5. The van der Waals surface area contributed by atoms with Gasteiger partial charge in [-0.2, -0.15) is 0 Å². The van der Waals surface area contributed by atoms with Gasteiger partial charge in [0.15, 0.2) is 0 Å². The van der Waals surface area contributed by atoms with Gasteiger partial charge < -0.3 is 5.32 Å². The SMILES string of the molecule is CN(c1ccc(CC(=O)Nc2ccccc2Cl)cc1)S(=O)(=O)c1ccccc1. The van der Waals surface area contributed by atoms with Crippen molar-refractivity contribution in [3.63, 3.8) is 0 Å². The first-order valence-corrected chi connectivity index (χ1v) is 10.4. The lowest BCUT2D eigenvalue weighted by atomic mass is 10.1. The summed E-state index contributed by atoms with van der Waals surface area (Å²) in [4.78, 5) is 12.4. The van der Waals surface area contributed by atoms with Gasteiger partial charge in [0.1, 0.15) is 0 Å². The lowest BCUT2D eigenvalue weighted by molar-refractivity contribution is -0.115. The van der Waals surface area contributed by atoms with Crippen molar-refractivity contribution >= 4 is 38.9 Å². The van der Waals surface area contributed by atoms with E-state index in [4.69, 9.17) is 11.6 Å². The van der Waals surface area contributed by atoms with E-state index >= 15 is 0 Å². The van der Waals surface area contributed by atoms with Crippen LogP contribution in [-0.2, 0) is 21.2 Å². The van der Waals surface area contributed by atoms with E-state index in [0.29, 0.717) is 16.4 Å². The Balaban J connectivity index is 1.69. The molecule has 0 saturated heterocycles. The molecule has 0 spiro atoms. The molecule has 0 unspecified atom stereocenters. The van der Waals surface area contributed by atoms with Crippen LogP contribution in [0, 0.1) is 0 Å². The van der Waals surface area contributed by atoms with E-state index in [2.05, 4.69) is 5.32 Å². The minimum Gasteiger partial charge on any atom is -0.324 e. The van der Waals surface area contributed by atoms with Gasteiger partial charge in [-0.05, 0) is 42.0 Å². The number of para-hydroxylation sites is 1. The molecular weight excluding hydrogens is 396 g/mol. The van der Waals surface area contributed by atoms with Gasteiger partial charge in [0.2, 0.25) is 5.91 Å². The second-order valence-electron chi connectivity index (χ2n) is 6.16. The molecule has 28 heavy (non-hydrogen) atoms. The van der Waals surface area contributed by atoms with E-state index in [1.165, 1.54) is 11.4 Å². The maximum absolute atomic E-state index is 12.7. The van der Waals surface area contributed by atoms with Crippen molar-refractivity contribution in [2.24, 2.45) is 0 Å². The van der Waals surface area contributed by atoms with E-state index in [1.54, 1.807) is 78.9 Å². The second-order valence-corrected chi connectivity index (χ2v) is 8.53. The van der Waals surface area contributed by atoms with Gasteiger partial charge >= 0.3 is 0 Å². The fourth-order valence-corrected chi connectivity index (χ4v) is 4.05. The van der Waals surface area contributed by atoms with Gasteiger partial charge in [-0.25, -0.2) is 8.42 Å². The summed E-state index contributed by atoms with van der Waals surface area (Å²) in [6.45, 7) is 0. The van der Waals surface area contributed by atoms with Crippen LogP contribution in [0.5, 0.6) is 0 Å². The van der Waals surface area contributed by atoms with Crippen molar-refractivity contribution in [2.75, 3.05) is 16.7 Å². The summed E-state index contributed by atoms with van der Waals surface area (Å²) in [7, 11) is -2.13. The summed E-state index contributed by atoms with van der Waals surface area (Å²) >= 11 is 6.04. The number of halogens is 1. The number of benzene rings is 3. The van der Waals surface area contributed by atoms with E-state index in [-0.39, 0.29) is 17.2 Å². The summed E-state index contributed by atoms with van der Waals surface area (Å²) in [5.41, 5.74) is 1.83. The number of hydrogen-bond acceptors (Lipinski definition) is 3. The number of amides is 1. The summed E-state index contributed by atoms with van der Waals surface area (Å²) in [5.74, 6) is -0.203. The van der Waals surface area contributed by atoms with Gasteiger partial charge in [-0.3, -0.25) is 9.10 Å². The number of carbonyl (C=O) groups is 1. The number of sulfonamides is 1. The molecular formula is C21H19ClN2O3S. The molecule has 144 valence electrons. The maximum Gasteiger partial charge on any atom is 0.264 e. The molecule has 7 heteroatoms. The van der Waals surface area contributed by atoms with Crippen LogP contribution in [0.25, 0.3) is 0 Å². The Hall–Kier alpha value is -2.83. The fraction of sp³-hybridized carbons (Fsp3) is 0.0952. The third-order valence-corrected chi connectivity index (χ3v) is 6.34. The quantitative estimate of drug-likeness (QED) is 0.652. The third-order valence-electron chi connectivity index (χ3n) is 4.21. The predicted octanol–water partition coefficient (Wildman–Crippen LogP) is 4.35. The summed E-state index contributed by atoms with van der Waals surface area (Å²) in [5, 5.41) is 3.24. The standard InChI is InChI=1S/C21H19ClN2O3S/c1-24(28(26,27)18-7-3-2-4-8-18)17-13-11-16(12-14-17)15-21(25)23-20-10-6-5-9-19(20)22/h2-14H,15H2,1H3,(H,23,25). The molecule has 0 radical (unpaired) electrons. The van der Waals surface area contributed by atoms with Gasteiger partial charge in [0.25, 0.3) is 10.0 Å². The van der Waals surface area contributed by atoms with E-state index < -0.39 is 10.0 Å². The van der Waals surface area contributed by atoms with Crippen LogP contribution in [0.4, 0.5) is 11.4 Å². The van der Waals surface area contributed by atoms with Gasteiger partial charge in [0.05, 0.1) is 27.7 Å². The molecule has 0 bridgehead atoms. The lowest BCUT2D eigenvalue weighted by Crippen LogP contribution is -2.26. The molecule has 0 fully saturated rings. The smallest absolute Gasteiger partial charge is 0.264 e. The first-order valence-electron chi connectivity index (χ1n) is 8.55. The summed E-state index contributed by atoms with van der Waals surface area (Å²) in [6.07, 6.45) is 0.153. The molecule has 0 aliphatic heterocycles. The monoisotopic (exact) mass is 414 g/mol. The molecule has 1 N–H and O–H groups in total. The molecule has 0 aromatic heterocycles. The Morgan fingerprint density at radius 3 is 2.18 bits per heavy atom. The zero-order valence-electron chi connectivity index (χ0n) is 15.2. The zero-order chi connectivity index (χ0) is 20.1. The number of anilines is 2. The predicted molar refractivity (Wildman–Crippen MR) is 112 cm³/mol. The molecule has 0 aliphatic rings. The number of nitrogens with zero attached hydrogens (tertiary/aromatic N) is 1. The summed E-state index contributed by atoms with van der Waals surface area (Å²) < 4.78 is 26.6. The Kier molecular flexibility index (Phi) is 6.02. The van der Waals surface area contributed by atoms with Crippen LogP contribution in [-0.4, -0.2) is 21.4 Å². The van der Waals surface area contributed by atoms with E-state index in [1.807, 2.05) is 0 Å². The van der Waals surface area contributed by atoms with Crippen LogP contribution < -0.4 is 9.62 Å². The first-order chi connectivity index (χ1) is 13.4. The lowest BCUT2D eigenvalue weighted by Gasteiger charge is -2.19. The van der Waals surface area contributed by atoms with Crippen molar-refractivity contribution in [3.05, 3.63) is 89.4 Å². The molecule has 0 aliphatic carbocycles. The fourth-order valence-electron chi connectivity index (χ4n) is 2.66. The molecule has 0 saturated carbocycles. The average Bonchev–Trinajstić information content (AvgIpc) is 2.70. The molecule has 0 atom stereocenters. The Labute approximate surface area is 169 Å². The molecule has 3 rings (SSSR count). The van der Waals surface area contributed by atoms with Crippen molar-refractivity contribution in [3.8, 4) is 0 Å². The van der Waals surface area contributed by atoms with E-state index in [9.17, 15) is 13.2 Å². The molecule has 0 heterocycles. The number of rotatable bonds is 6. The van der Waals surface area contributed by atoms with Crippen LogP contribution in [0.2, 0.25) is 5.02 Å². The Morgan fingerprint density at radius 1 is 0.929 bits per heavy atom. The average molecular weight is 415 g/mol. The van der Waals surface area contributed by atoms with Gasteiger partial charge in [-0.1, -0.05) is 54.1 Å². The second kappa shape index (κ2) is 8.46. The maximum atomic E-state index is 12.7. The third kappa shape index (κ3) is 4.52. The van der Waals surface area contributed by atoms with Crippen molar-refractivity contribution < 1.29 is 13.2 Å². The highest BCUT2D eigenvalue weighted by Gasteiger charge is 2.20.